The minimum absolute atomic E-state index is 0.0113. The standard InChI is InChI=1S/C11H12N4O2/c1-8(14-15-12)7-10(16)13-11(17)9-5-3-2-4-6-9/h2-6,8H,7H2,1H3,(H,13,16,17)/t8-/m0/s1. The molecule has 0 unspecified atom stereocenters. The molecule has 0 aromatic heterocycles. The van der Waals surface area contributed by atoms with Crippen molar-refractivity contribution in [1.29, 1.82) is 0 Å². The fourth-order valence-corrected chi connectivity index (χ4v) is 1.24. The van der Waals surface area contributed by atoms with Crippen molar-refractivity contribution in [2.45, 2.75) is 19.4 Å². The summed E-state index contributed by atoms with van der Waals surface area (Å²) in [6.07, 6.45) is -0.0113. The lowest BCUT2D eigenvalue weighted by atomic mass is 10.2. The maximum atomic E-state index is 11.6. The minimum atomic E-state index is -0.469. The zero-order valence-corrected chi connectivity index (χ0v) is 9.33. The number of hydrogen-bond acceptors (Lipinski definition) is 3. The number of rotatable bonds is 4. The van der Waals surface area contributed by atoms with Gasteiger partial charge < -0.3 is 0 Å². The van der Waals surface area contributed by atoms with E-state index in [4.69, 9.17) is 5.53 Å². The molecule has 0 aliphatic heterocycles. The van der Waals surface area contributed by atoms with Gasteiger partial charge in [-0.05, 0) is 17.7 Å². The van der Waals surface area contributed by atoms with Crippen LogP contribution >= 0.6 is 0 Å². The Morgan fingerprint density at radius 1 is 1.41 bits per heavy atom. The minimum Gasteiger partial charge on any atom is -0.292 e. The van der Waals surface area contributed by atoms with Gasteiger partial charge in [0.05, 0.1) is 0 Å². The van der Waals surface area contributed by atoms with Crippen LogP contribution in [0, 0.1) is 0 Å². The van der Waals surface area contributed by atoms with Crippen molar-refractivity contribution >= 4 is 11.8 Å². The van der Waals surface area contributed by atoms with Crippen molar-refractivity contribution in [3.05, 3.63) is 46.3 Å². The number of imide groups is 1. The lowest BCUT2D eigenvalue weighted by Crippen LogP contribution is -2.31. The summed E-state index contributed by atoms with van der Waals surface area (Å²) in [6, 6.07) is 7.95. The largest absolute Gasteiger partial charge is 0.292 e. The zero-order valence-electron chi connectivity index (χ0n) is 9.33. The molecule has 1 aromatic carbocycles. The van der Waals surface area contributed by atoms with Crippen molar-refractivity contribution in [2.24, 2.45) is 5.11 Å². The van der Waals surface area contributed by atoms with E-state index in [-0.39, 0.29) is 6.42 Å². The summed E-state index contributed by atoms with van der Waals surface area (Å²) in [5, 5.41) is 5.58. The number of carbonyl (C=O) groups is 2. The molecule has 2 amide bonds. The SMILES string of the molecule is C[C@@H](CC(=O)NC(=O)c1ccccc1)N=[N+]=[N-]. The molecule has 0 spiro atoms. The summed E-state index contributed by atoms with van der Waals surface area (Å²) < 4.78 is 0. The van der Waals surface area contributed by atoms with E-state index in [1.54, 1.807) is 37.3 Å². The molecule has 0 aliphatic carbocycles. The topological polar surface area (TPSA) is 94.9 Å². The van der Waals surface area contributed by atoms with Crippen LogP contribution in [0.3, 0.4) is 0 Å². The smallest absolute Gasteiger partial charge is 0.257 e. The maximum absolute atomic E-state index is 11.6. The van der Waals surface area contributed by atoms with E-state index < -0.39 is 17.9 Å². The van der Waals surface area contributed by atoms with E-state index in [9.17, 15) is 9.59 Å². The first-order chi connectivity index (χ1) is 8.13. The third-order valence-corrected chi connectivity index (χ3v) is 2.02. The summed E-state index contributed by atoms with van der Waals surface area (Å²) in [4.78, 5) is 25.5. The molecule has 0 fully saturated rings. The molecule has 17 heavy (non-hydrogen) atoms. The van der Waals surface area contributed by atoms with Crippen LogP contribution in [0.5, 0.6) is 0 Å². The van der Waals surface area contributed by atoms with Crippen molar-refractivity contribution in [1.82, 2.24) is 5.32 Å². The summed E-state index contributed by atoms with van der Waals surface area (Å²) in [5.41, 5.74) is 8.58. The number of benzene rings is 1. The number of nitrogens with zero attached hydrogens (tertiary/aromatic N) is 3. The Hall–Kier alpha value is -2.33. The number of carbonyl (C=O) groups excluding carboxylic acids is 2. The van der Waals surface area contributed by atoms with Gasteiger partial charge >= 0.3 is 0 Å². The van der Waals surface area contributed by atoms with Crippen LogP contribution in [-0.4, -0.2) is 17.9 Å². The van der Waals surface area contributed by atoms with Gasteiger partial charge in [0.1, 0.15) is 0 Å². The lowest BCUT2D eigenvalue weighted by molar-refractivity contribution is -0.120. The molecule has 1 aromatic rings. The second-order valence-corrected chi connectivity index (χ2v) is 3.50. The first kappa shape index (κ1) is 12.7. The number of nitrogens with one attached hydrogen (secondary N) is 1. The lowest BCUT2D eigenvalue weighted by Gasteiger charge is -2.05. The number of amides is 2. The summed E-state index contributed by atoms with van der Waals surface area (Å²) >= 11 is 0. The molecule has 6 heteroatoms. The van der Waals surface area contributed by atoms with Crippen molar-refractivity contribution in [3.63, 3.8) is 0 Å². The van der Waals surface area contributed by atoms with Crippen molar-refractivity contribution < 1.29 is 9.59 Å². The molecule has 88 valence electrons. The van der Waals surface area contributed by atoms with Crippen LogP contribution in [-0.2, 0) is 4.79 Å². The van der Waals surface area contributed by atoms with Crippen molar-refractivity contribution in [3.8, 4) is 0 Å². The van der Waals surface area contributed by atoms with E-state index in [0.717, 1.165) is 0 Å². The molecule has 0 aliphatic rings. The van der Waals surface area contributed by atoms with Gasteiger partial charge in [0.25, 0.3) is 5.91 Å². The van der Waals surface area contributed by atoms with Crippen LogP contribution in [0.25, 0.3) is 10.4 Å². The van der Waals surface area contributed by atoms with Gasteiger partial charge in [-0.3, -0.25) is 14.9 Å². The van der Waals surface area contributed by atoms with Gasteiger partial charge in [-0.15, -0.1) is 0 Å². The average Bonchev–Trinajstić information content (AvgIpc) is 2.30. The molecule has 0 radical (unpaired) electrons. The highest BCUT2D eigenvalue weighted by Gasteiger charge is 2.12. The summed E-state index contributed by atoms with van der Waals surface area (Å²) in [7, 11) is 0. The second kappa shape index (κ2) is 6.30. The second-order valence-electron chi connectivity index (χ2n) is 3.50. The molecule has 1 atom stereocenters. The third-order valence-electron chi connectivity index (χ3n) is 2.02. The summed E-state index contributed by atoms with van der Waals surface area (Å²) in [6.45, 7) is 1.60. The molecule has 0 saturated heterocycles. The molecule has 1 N–H and O–H groups in total. The Morgan fingerprint density at radius 2 is 2.06 bits per heavy atom. The van der Waals surface area contributed by atoms with Gasteiger partial charge in [-0.1, -0.05) is 30.2 Å². The van der Waals surface area contributed by atoms with Gasteiger partial charge in [-0.2, -0.15) is 0 Å². The molecule has 0 saturated carbocycles. The molecular formula is C11H12N4O2. The Bertz CT molecular complexity index is 452. The predicted octanol–water partition coefficient (Wildman–Crippen LogP) is 2.03. The van der Waals surface area contributed by atoms with E-state index >= 15 is 0 Å². The first-order valence-corrected chi connectivity index (χ1v) is 5.07. The highest BCUT2D eigenvalue weighted by molar-refractivity contribution is 6.04. The molecule has 0 bridgehead atoms. The normalized spacial score (nSPS) is 11.1. The molecule has 1 rings (SSSR count). The molecule has 0 heterocycles. The first-order valence-electron chi connectivity index (χ1n) is 5.07. The van der Waals surface area contributed by atoms with Crippen LogP contribution in [0.2, 0.25) is 0 Å². The fourth-order valence-electron chi connectivity index (χ4n) is 1.24. The van der Waals surface area contributed by atoms with E-state index in [0.29, 0.717) is 5.56 Å². The maximum Gasteiger partial charge on any atom is 0.257 e. The fraction of sp³-hybridized carbons (Fsp3) is 0.273. The van der Waals surface area contributed by atoms with E-state index in [1.165, 1.54) is 0 Å². The van der Waals surface area contributed by atoms with Crippen LogP contribution < -0.4 is 5.32 Å². The van der Waals surface area contributed by atoms with E-state index in [1.807, 2.05) is 0 Å². The Morgan fingerprint density at radius 3 is 2.65 bits per heavy atom. The Balaban J connectivity index is 2.52. The van der Waals surface area contributed by atoms with Crippen LogP contribution in [0.1, 0.15) is 23.7 Å². The third kappa shape index (κ3) is 4.36. The quantitative estimate of drug-likeness (QED) is 0.488. The highest BCUT2D eigenvalue weighted by Crippen LogP contribution is 2.00. The highest BCUT2D eigenvalue weighted by atomic mass is 16.2. The zero-order chi connectivity index (χ0) is 12.7. The van der Waals surface area contributed by atoms with Gasteiger partial charge in [0, 0.05) is 22.9 Å². The number of azide groups is 1. The Labute approximate surface area is 98.3 Å². The van der Waals surface area contributed by atoms with Gasteiger partial charge in [0.15, 0.2) is 0 Å². The molecule has 6 nitrogen and oxygen atoms in total. The average molecular weight is 232 g/mol. The Kier molecular flexibility index (Phi) is 4.72. The van der Waals surface area contributed by atoms with Gasteiger partial charge in [-0.25, -0.2) is 0 Å². The monoisotopic (exact) mass is 232 g/mol. The van der Waals surface area contributed by atoms with Crippen LogP contribution in [0.4, 0.5) is 0 Å². The summed E-state index contributed by atoms with van der Waals surface area (Å²) in [5.74, 6) is -0.914. The number of hydrogen-bond donors (Lipinski definition) is 1. The molecular weight excluding hydrogens is 220 g/mol. The van der Waals surface area contributed by atoms with Crippen molar-refractivity contribution in [2.75, 3.05) is 0 Å². The predicted molar refractivity (Wildman–Crippen MR) is 62.1 cm³/mol. The van der Waals surface area contributed by atoms with Gasteiger partial charge in [0.2, 0.25) is 5.91 Å². The van der Waals surface area contributed by atoms with Crippen LogP contribution in [0.15, 0.2) is 35.4 Å². The van der Waals surface area contributed by atoms with E-state index in [2.05, 4.69) is 15.3 Å².